The van der Waals surface area contributed by atoms with Crippen LogP contribution in [0.25, 0.3) is 0 Å². The molecule has 1 aliphatic carbocycles. The highest BCUT2D eigenvalue weighted by Crippen LogP contribution is 2.19. The summed E-state index contributed by atoms with van der Waals surface area (Å²) < 4.78 is 5.19. The minimum Gasteiger partial charge on any atom is -0.497 e. The zero-order chi connectivity index (χ0) is 10.6. The van der Waals surface area contributed by atoms with Crippen molar-refractivity contribution in [3.63, 3.8) is 0 Å². The Bertz CT molecular complexity index is 332. The maximum atomic E-state index is 5.19. The molecule has 0 N–H and O–H groups in total. The predicted molar refractivity (Wildman–Crippen MR) is 60.6 cm³/mol. The van der Waals surface area contributed by atoms with E-state index in [-0.39, 0.29) is 0 Å². The van der Waals surface area contributed by atoms with Gasteiger partial charge in [0.25, 0.3) is 0 Å². The van der Waals surface area contributed by atoms with Gasteiger partial charge in [-0.15, -0.1) is 0 Å². The predicted octanol–water partition coefficient (Wildman–Crippen LogP) is 2.88. The zero-order valence-electron chi connectivity index (χ0n) is 9.29. The van der Waals surface area contributed by atoms with Crippen LogP contribution in [0.1, 0.15) is 20.3 Å². The number of hydrogen-bond donors (Lipinski definition) is 0. The molecule has 0 saturated carbocycles. The van der Waals surface area contributed by atoms with Crippen LogP contribution in [0, 0.1) is 0 Å². The summed E-state index contributed by atoms with van der Waals surface area (Å²) in [6, 6.07) is 0. The lowest BCUT2D eigenvalue weighted by atomic mass is 10.0. The summed E-state index contributed by atoms with van der Waals surface area (Å²) >= 11 is 0. The van der Waals surface area contributed by atoms with E-state index in [0.29, 0.717) is 0 Å². The highest BCUT2D eigenvalue weighted by Gasteiger charge is 2.06. The smallest absolute Gasteiger partial charge is 0.115 e. The highest BCUT2D eigenvalue weighted by atomic mass is 16.5. The Labute approximate surface area is 85.7 Å². The average Bonchev–Trinajstić information content (AvgIpc) is 2.39. The Morgan fingerprint density at radius 2 is 2.14 bits per heavy atom. The van der Waals surface area contributed by atoms with Crippen LogP contribution in [-0.2, 0) is 4.74 Å². The lowest BCUT2D eigenvalue weighted by Crippen LogP contribution is -1.98. The Hall–Kier alpha value is -1.31. The number of rotatable bonds is 2. The van der Waals surface area contributed by atoms with Crippen LogP contribution in [0.2, 0.25) is 0 Å². The Kier molecular flexibility index (Phi) is 3.69. The first kappa shape index (κ1) is 10.8. The molecule has 0 atom stereocenters. The quantitative estimate of drug-likeness (QED) is 0.615. The number of aliphatic imine (C=N–C) groups is 1. The van der Waals surface area contributed by atoms with E-state index in [1.54, 1.807) is 7.11 Å². The molecule has 0 heterocycles. The van der Waals surface area contributed by atoms with E-state index in [0.717, 1.165) is 17.9 Å². The van der Waals surface area contributed by atoms with Crippen molar-refractivity contribution in [1.29, 1.82) is 0 Å². The SMILES string of the molecule is CN=C(C)C1=C(C)C=CC(OC)=CC1. The van der Waals surface area contributed by atoms with Gasteiger partial charge in [-0.1, -0.05) is 6.08 Å². The minimum absolute atomic E-state index is 0.894. The third-order valence-electron chi connectivity index (χ3n) is 2.49. The van der Waals surface area contributed by atoms with Crippen molar-refractivity contribution in [3.05, 3.63) is 35.1 Å². The van der Waals surface area contributed by atoms with Crippen LogP contribution in [0.5, 0.6) is 0 Å². The van der Waals surface area contributed by atoms with Crippen LogP contribution >= 0.6 is 0 Å². The highest BCUT2D eigenvalue weighted by molar-refractivity contribution is 5.99. The molecule has 0 aromatic heterocycles. The molecule has 0 aromatic carbocycles. The second-order valence-electron chi connectivity index (χ2n) is 3.32. The second-order valence-corrected chi connectivity index (χ2v) is 3.32. The average molecular weight is 191 g/mol. The Morgan fingerprint density at radius 3 is 2.71 bits per heavy atom. The number of ether oxygens (including phenoxy) is 1. The third-order valence-corrected chi connectivity index (χ3v) is 2.49. The van der Waals surface area contributed by atoms with E-state index in [4.69, 9.17) is 4.74 Å². The van der Waals surface area contributed by atoms with E-state index >= 15 is 0 Å². The van der Waals surface area contributed by atoms with Crippen LogP contribution in [0.4, 0.5) is 0 Å². The van der Waals surface area contributed by atoms with Crippen LogP contribution in [-0.4, -0.2) is 19.9 Å². The molecule has 1 aliphatic rings. The van der Waals surface area contributed by atoms with Crippen molar-refractivity contribution in [3.8, 4) is 0 Å². The number of methoxy groups -OCH3 is 1. The monoisotopic (exact) mass is 191 g/mol. The van der Waals surface area contributed by atoms with Gasteiger partial charge in [0.15, 0.2) is 0 Å². The van der Waals surface area contributed by atoms with E-state index in [1.165, 1.54) is 11.1 Å². The van der Waals surface area contributed by atoms with Crippen LogP contribution < -0.4 is 0 Å². The van der Waals surface area contributed by atoms with Gasteiger partial charge < -0.3 is 4.74 Å². The Balaban J connectivity index is 2.99. The van der Waals surface area contributed by atoms with Gasteiger partial charge in [0, 0.05) is 12.8 Å². The number of nitrogens with zero attached hydrogens (tertiary/aromatic N) is 1. The summed E-state index contributed by atoms with van der Waals surface area (Å²) in [7, 11) is 3.52. The summed E-state index contributed by atoms with van der Waals surface area (Å²) in [4.78, 5) is 4.21. The maximum Gasteiger partial charge on any atom is 0.115 e. The molecule has 14 heavy (non-hydrogen) atoms. The number of hydrogen-bond acceptors (Lipinski definition) is 2. The van der Waals surface area contributed by atoms with E-state index in [9.17, 15) is 0 Å². The van der Waals surface area contributed by atoms with Crippen molar-refractivity contribution < 1.29 is 4.74 Å². The van der Waals surface area contributed by atoms with Gasteiger partial charge in [-0.25, -0.2) is 0 Å². The molecule has 0 fully saturated rings. The van der Waals surface area contributed by atoms with Crippen molar-refractivity contribution in [2.45, 2.75) is 20.3 Å². The molecule has 76 valence electrons. The summed E-state index contributed by atoms with van der Waals surface area (Å²) in [5.74, 6) is 0.920. The van der Waals surface area contributed by atoms with Crippen molar-refractivity contribution in [1.82, 2.24) is 0 Å². The fourth-order valence-electron chi connectivity index (χ4n) is 1.46. The van der Waals surface area contributed by atoms with Gasteiger partial charge in [-0.3, -0.25) is 4.99 Å². The van der Waals surface area contributed by atoms with Gasteiger partial charge >= 0.3 is 0 Å². The summed E-state index contributed by atoms with van der Waals surface area (Å²) in [5, 5.41) is 0. The van der Waals surface area contributed by atoms with Crippen molar-refractivity contribution >= 4 is 5.71 Å². The summed E-state index contributed by atoms with van der Waals surface area (Å²) in [6.45, 7) is 4.14. The molecule has 0 amide bonds. The molecule has 0 bridgehead atoms. The molecule has 0 saturated heterocycles. The first-order valence-electron chi connectivity index (χ1n) is 4.74. The fourth-order valence-corrected chi connectivity index (χ4v) is 1.46. The number of allylic oxidation sites excluding steroid dienone is 5. The molecule has 0 radical (unpaired) electrons. The van der Waals surface area contributed by atoms with Gasteiger partial charge in [0.2, 0.25) is 0 Å². The largest absolute Gasteiger partial charge is 0.497 e. The molecule has 0 aliphatic heterocycles. The molecular weight excluding hydrogens is 174 g/mol. The van der Waals surface area contributed by atoms with Crippen LogP contribution in [0.3, 0.4) is 0 Å². The maximum absolute atomic E-state index is 5.19. The van der Waals surface area contributed by atoms with Gasteiger partial charge in [-0.2, -0.15) is 0 Å². The second kappa shape index (κ2) is 4.80. The zero-order valence-corrected chi connectivity index (χ0v) is 9.29. The molecular formula is C12H17NO. The molecule has 1 rings (SSSR count). The molecule has 2 nitrogen and oxygen atoms in total. The van der Waals surface area contributed by atoms with E-state index in [2.05, 4.69) is 24.1 Å². The third kappa shape index (κ3) is 2.34. The van der Waals surface area contributed by atoms with E-state index in [1.807, 2.05) is 20.0 Å². The first-order chi connectivity index (χ1) is 6.69. The molecule has 0 spiro atoms. The lowest BCUT2D eigenvalue weighted by Gasteiger charge is -2.05. The molecule has 2 heteroatoms. The standard InChI is InChI=1S/C12H17NO/c1-9-5-6-11(14-4)7-8-12(9)10(2)13-3/h5-7H,8H2,1-4H3. The Morgan fingerprint density at radius 1 is 1.43 bits per heavy atom. The topological polar surface area (TPSA) is 21.6 Å². The lowest BCUT2D eigenvalue weighted by molar-refractivity contribution is 0.305. The molecule has 0 unspecified atom stereocenters. The van der Waals surface area contributed by atoms with Crippen LogP contribution in [0.15, 0.2) is 40.1 Å². The summed E-state index contributed by atoms with van der Waals surface area (Å²) in [5.41, 5.74) is 3.65. The minimum atomic E-state index is 0.894. The fraction of sp³-hybridized carbons (Fsp3) is 0.417. The first-order valence-corrected chi connectivity index (χ1v) is 4.74. The van der Waals surface area contributed by atoms with Gasteiger partial charge in [0.1, 0.15) is 5.76 Å². The van der Waals surface area contributed by atoms with Gasteiger partial charge in [-0.05, 0) is 43.6 Å². The molecule has 0 aromatic rings. The van der Waals surface area contributed by atoms with Gasteiger partial charge in [0.05, 0.1) is 7.11 Å². The normalized spacial score (nSPS) is 18.0. The van der Waals surface area contributed by atoms with Crippen molar-refractivity contribution in [2.75, 3.05) is 14.2 Å². The summed E-state index contributed by atoms with van der Waals surface area (Å²) in [6.07, 6.45) is 7.04. The van der Waals surface area contributed by atoms with Crippen molar-refractivity contribution in [2.24, 2.45) is 4.99 Å². The van der Waals surface area contributed by atoms with E-state index < -0.39 is 0 Å².